The van der Waals surface area contributed by atoms with Crippen LogP contribution in [0.25, 0.3) is 0 Å². The van der Waals surface area contributed by atoms with Gasteiger partial charge in [-0.2, -0.15) is 0 Å². The highest BCUT2D eigenvalue weighted by molar-refractivity contribution is 5.92. The van der Waals surface area contributed by atoms with E-state index in [-0.39, 0.29) is 24.3 Å². The average Bonchev–Trinajstić information content (AvgIpc) is 2.51. The number of amides is 1. The fourth-order valence-electron chi connectivity index (χ4n) is 1.07. The number of hydrogen-bond acceptors (Lipinski definition) is 4. The Morgan fingerprint density at radius 1 is 1.79 bits per heavy atom. The summed E-state index contributed by atoms with van der Waals surface area (Å²) in [7, 11) is 0. The Morgan fingerprint density at radius 2 is 2.50 bits per heavy atom. The van der Waals surface area contributed by atoms with Crippen LogP contribution in [0, 0.1) is 6.92 Å². The highest BCUT2D eigenvalue weighted by Gasteiger charge is 2.15. The maximum atomic E-state index is 11.5. The molecule has 1 aromatic rings. The zero-order valence-electron chi connectivity index (χ0n) is 8.28. The molecular weight excluding hydrogens is 184 g/mol. The van der Waals surface area contributed by atoms with Crippen LogP contribution in [0.4, 0.5) is 0 Å². The number of oxazole rings is 1. The zero-order chi connectivity index (χ0) is 10.6. The molecular formula is C9H14N2O3. The van der Waals surface area contributed by atoms with E-state index in [0.29, 0.717) is 12.1 Å². The fourth-order valence-corrected chi connectivity index (χ4v) is 1.07. The normalized spacial score (nSPS) is 12.5. The Morgan fingerprint density at radius 3 is 3.00 bits per heavy atom. The third-order valence-electron chi connectivity index (χ3n) is 1.89. The lowest BCUT2D eigenvalue weighted by Crippen LogP contribution is -2.33. The minimum atomic E-state index is -0.291. The number of rotatable bonds is 4. The van der Waals surface area contributed by atoms with Gasteiger partial charge >= 0.3 is 0 Å². The van der Waals surface area contributed by atoms with E-state index in [9.17, 15) is 4.79 Å². The van der Waals surface area contributed by atoms with Gasteiger partial charge in [0.2, 0.25) is 5.76 Å². The van der Waals surface area contributed by atoms with Crippen molar-refractivity contribution in [2.24, 2.45) is 0 Å². The lowest BCUT2D eigenvalue weighted by molar-refractivity contribution is 0.0905. The first-order chi connectivity index (χ1) is 6.65. The van der Waals surface area contributed by atoms with Gasteiger partial charge in [0.05, 0.1) is 5.69 Å². The lowest BCUT2D eigenvalue weighted by atomic mass is 10.2. The quantitative estimate of drug-likeness (QED) is 0.738. The van der Waals surface area contributed by atoms with Gasteiger partial charge in [-0.05, 0) is 20.3 Å². The molecule has 1 atom stereocenters. The van der Waals surface area contributed by atoms with Crippen LogP contribution < -0.4 is 5.32 Å². The van der Waals surface area contributed by atoms with Crippen molar-refractivity contribution < 1.29 is 14.3 Å². The molecule has 2 N–H and O–H groups in total. The molecule has 0 aliphatic carbocycles. The molecule has 1 unspecified atom stereocenters. The predicted octanol–water partition coefficient (Wildman–Crippen LogP) is 0.484. The van der Waals surface area contributed by atoms with Crippen molar-refractivity contribution in [2.75, 3.05) is 6.61 Å². The number of hydrogen-bond donors (Lipinski definition) is 2. The Balaban J connectivity index is 2.55. The maximum absolute atomic E-state index is 11.5. The van der Waals surface area contributed by atoms with Crippen molar-refractivity contribution >= 4 is 5.91 Å². The van der Waals surface area contributed by atoms with E-state index in [1.165, 1.54) is 6.39 Å². The van der Waals surface area contributed by atoms with Crippen LogP contribution in [0.3, 0.4) is 0 Å². The summed E-state index contributed by atoms with van der Waals surface area (Å²) < 4.78 is 4.92. The number of aliphatic hydroxyl groups excluding tert-OH is 1. The largest absolute Gasteiger partial charge is 0.438 e. The summed E-state index contributed by atoms with van der Waals surface area (Å²) in [6.07, 6.45) is 1.76. The van der Waals surface area contributed by atoms with Gasteiger partial charge in [-0.3, -0.25) is 4.79 Å². The van der Waals surface area contributed by atoms with Gasteiger partial charge in [0.25, 0.3) is 5.91 Å². The highest BCUT2D eigenvalue weighted by atomic mass is 16.3. The number of carbonyl (C=O) groups excluding carboxylic acids is 1. The summed E-state index contributed by atoms with van der Waals surface area (Å²) in [6.45, 7) is 3.58. The van der Waals surface area contributed by atoms with E-state index < -0.39 is 0 Å². The van der Waals surface area contributed by atoms with Gasteiger partial charge in [-0.1, -0.05) is 0 Å². The molecule has 0 saturated carbocycles. The van der Waals surface area contributed by atoms with Crippen LogP contribution in [0.1, 0.15) is 29.6 Å². The second kappa shape index (κ2) is 4.76. The standard InChI is InChI=1S/C9H14N2O3/c1-6(3-4-12)11-9(13)8-7(2)10-5-14-8/h5-6,12H,3-4H2,1-2H3,(H,11,13). The monoisotopic (exact) mass is 198 g/mol. The SMILES string of the molecule is Cc1ncoc1C(=O)NC(C)CCO. The van der Waals surface area contributed by atoms with Gasteiger partial charge in [0.1, 0.15) is 0 Å². The Labute approximate surface area is 82.1 Å². The van der Waals surface area contributed by atoms with Crippen LogP contribution in [-0.4, -0.2) is 28.6 Å². The number of nitrogens with zero attached hydrogens (tertiary/aromatic N) is 1. The van der Waals surface area contributed by atoms with Gasteiger partial charge in [0.15, 0.2) is 6.39 Å². The number of aryl methyl sites for hydroxylation is 1. The van der Waals surface area contributed by atoms with Crippen molar-refractivity contribution in [3.63, 3.8) is 0 Å². The van der Waals surface area contributed by atoms with Crippen molar-refractivity contribution in [1.82, 2.24) is 10.3 Å². The number of aromatic nitrogens is 1. The second-order valence-corrected chi connectivity index (χ2v) is 3.15. The molecule has 0 aromatic carbocycles. The molecule has 1 aromatic heterocycles. The molecule has 78 valence electrons. The summed E-state index contributed by atoms with van der Waals surface area (Å²) >= 11 is 0. The van der Waals surface area contributed by atoms with Crippen molar-refractivity contribution in [2.45, 2.75) is 26.3 Å². The van der Waals surface area contributed by atoms with Gasteiger partial charge in [-0.25, -0.2) is 4.98 Å². The minimum absolute atomic E-state index is 0.0524. The number of nitrogens with one attached hydrogen (secondary N) is 1. The number of aliphatic hydroxyl groups is 1. The summed E-state index contributed by atoms with van der Waals surface area (Å²) in [6, 6.07) is -0.0722. The molecule has 0 radical (unpaired) electrons. The molecule has 5 nitrogen and oxygen atoms in total. The molecule has 14 heavy (non-hydrogen) atoms. The van der Waals surface area contributed by atoms with E-state index in [1.54, 1.807) is 6.92 Å². The molecule has 5 heteroatoms. The molecule has 0 aliphatic rings. The Bertz CT molecular complexity index is 309. The van der Waals surface area contributed by atoms with Crippen LogP contribution in [0.5, 0.6) is 0 Å². The van der Waals surface area contributed by atoms with E-state index in [2.05, 4.69) is 10.3 Å². The Hall–Kier alpha value is -1.36. The molecule has 0 fully saturated rings. The predicted molar refractivity (Wildman–Crippen MR) is 49.9 cm³/mol. The van der Waals surface area contributed by atoms with E-state index in [1.807, 2.05) is 6.92 Å². The first-order valence-corrected chi connectivity index (χ1v) is 4.47. The first-order valence-electron chi connectivity index (χ1n) is 4.47. The minimum Gasteiger partial charge on any atom is -0.438 e. The molecule has 1 amide bonds. The van der Waals surface area contributed by atoms with Crippen LogP contribution >= 0.6 is 0 Å². The summed E-state index contributed by atoms with van der Waals surface area (Å²) in [5.41, 5.74) is 0.568. The summed E-state index contributed by atoms with van der Waals surface area (Å²) in [5, 5.41) is 11.3. The first kappa shape index (κ1) is 10.7. The van der Waals surface area contributed by atoms with Crippen molar-refractivity contribution in [1.29, 1.82) is 0 Å². The molecule has 0 aliphatic heterocycles. The molecule has 0 spiro atoms. The molecule has 1 rings (SSSR count). The maximum Gasteiger partial charge on any atom is 0.289 e. The Kier molecular flexibility index (Phi) is 3.64. The van der Waals surface area contributed by atoms with Crippen molar-refractivity contribution in [3.05, 3.63) is 17.8 Å². The number of carbonyl (C=O) groups is 1. The van der Waals surface area contributed by atoms with E-state index >= 15 is 0 Å². The fraction of sp³-hybridized carbons (Fsp3) is 0.556. The van der Waals surface area contributed by atoms with Gasteiger partial charge in [0, 0.05) is 12.6 Å². The smallest absolute Gasteiger partial charge is 0.289 e. The summed E-state index contributed by atoms with van der Waals surface area (Å²) in [4.78, 5) is 15.3. The average molecular weight is 198 g/mol. The van der Waals surface area contributed by atoms with Crippen LogP contribution in [0.15, 0.2) is 10.8 Å². The van der Waals surface area contributed by atoms with Gasteiger partial charge < -0.3 is 14.8 Å². The third kappa shape index (κ3) is 2.56. The third-order valence-corrected chi connectivity index (χ3v) is 1.89. The lowest BCUT2D eigenvalue weighted by Gasteiger charge is -2.10. The van der Waals surface area contributed by atoms with E-state index in [4.69, 9.17) is 9.52 Å². The molecule has 0 bridgehead atoms. The highest BCUT2D eigenvalue weighted by Crippen LogP contribution is 2.05. The molecule has 0 saturated heterocycles. The zero-order valence-corrected chi connectivity index (χ0v) is 8.28. The van der Waals surface area contributed by atoms with Crippen LogP contribution in [-0.2, 0) is 0 Å². The summed E-state index contributed by atoms with van der Waals surface area (Å²) in [5.74, 6) is -0.0595. The topological polar surface area (TPSA) is 75.4 Å². The van der Waals surface area contributed by atoms with Crippen molar-refractivity contribution in [3.8, 4) is 0 Å². The molecule has 1 heterocycles. The van der Waals surface area contributed by atoms with Gasteiger partial charge in [-0.15, -0.1) is 0 Å². The second-order valence-electron chi connectivity index (χ2n) is 3.15. The van der Waals surface area contributed by atoms with E-state index in [0.717, 1.165) is 0 Å². The van der Waals surface area contributed by atoms with Crippen LogP contribution in [0.2, 0.25) is 0 Å².